The average Bonchev–Trinajstić information content (AvgIpc) is 3.40. The Kier molecular flexibility index (Phi) is 6.57. The van der Waals surface area contributed by atoms with Gasteiger partial charge < -0.3 is 24.4 Å². The van der Waals surface area contributed by atoms with Crippen LogP contribution in [-0.2, 0) is 0 Å². The predicted molar refractivity (Wildman–Crippen MR) is 145 cm³/mol. The van der Waals surface area contributed by atoms with Crippen molar-refractivity contribution in [1.29, 1.82) is 0 Å². The molecule has 2 aromatic carbocycles. The second-order valence-electron chi connectivity index (χ2n) is 9.57. The summed E-state index contributed by atoms with van der Waals surface area (Å²) in [6.07, 6.45) is 3.64. The monoisotopic (exact) mass is 529 g/mol. The van der Waals surface area contributed by atoms with E-state index in [4.69, 9.17) is 14.2 Å². The van der Waals surface area contributed by atoms with Crippen LogP contribution < -0.4 is 19.5 Å². The molecule has 0 aliphatic carbocycles. The Balaban J connectivity index is 1.30. The number of methoxy groups -OCH3 is 1. The maximum atomic E-state index is 14.9. The number of anilines is 2. The fourth-order valence-electron chi connectivity index (χ4n) is 4.76. The summed E-state index contributed by atoms with van der Waals surface area (Å²) in [5.41, 5.74) is 3.07. The first-order valence-electron chi connectivity index (χ1n) is 12.6. The van der Waals surface area contributed by atoms with E-state index in [0.717, 1.165) is 17.8 Å². The van der Waals surface area contributed by atoms with Gasteiger partial charge >= 0.3 is 0 Å². The van der Waals surface area contributed by atoms with Crippen LogP contribution in [0.3, 0.4) is 0 Å². The zero-order valence-electron chi connectivity index (χ0n) is 21.8. The number of hydrogen-bond donors (Lipinski definition) is 1. The van der Waals surface area contributed by atoms with E-state index in [1.165, 1.54) is 12.7 Å². The lowest BCUT2D eigenvalue weighted by molar-refractivity contribution is 0.0308. The van der Waals surface area contributed by atoms with Gasteiger partial charge in [0, 0.05) is 31.0 Å². The van der Waals surface area contributed by atoms with Crippen LogP contribution in [0.4, 0.5) is 15.9 Å². The Morgan fingerprint density at radius 1 is 1.03 bits per heavy atom. The van der Waals surface area contributed by atoms with Gasteiger partial charge in [-0.2, -0.15) is 5.10 Å². The van der Waals surface area contributed by atoms with Crippen molar-refractivity contribution in [3.63, 3.8) is 0 Å². The number of fused-ring (bicyclic) bond motifs is 2. The minimum Gasteiger partial charge on any atom is -0.493 e. The van der Waals surface area contributed by atoms with E-state index in [0.29, 0.717) is 58.3 Å². The molecule has 0 radical (unpaired) electrons. The molecule has 0 spiro atoms. The highest BCUT2D eigenvalue weighted by atomic mass is 19.1. The highest BCUT2D eigenvalue weighted by molar-refractivity contribution is 5.97. The topological polar surface area (TPSA) is 98.9 Å². The number of nitrogens with zero attached hydrogens (tertiary/aromatic N) is 6. The summed E-state index contributed by atoms with van der Waals surface area (Å²) in [6.45, 7) is 3.04. The summed E-state index contributed by atoms with van der Waals surface area (Å²) in [5.74, 6) is 2.82. The first-order valence-corrected chi connectivity index (χ1v) is 12.6. The second kappa shape index (κ2) is 10.3. The number of likely N-dealkylation sites (tertiary alicyclic amines) is 1. The van der Waals surface area contributed by atoms with E-state index >= 15 is 0 Å². The third-order valence-corrected chi connectivity index (χ3v) is 6.81. The summed E-state index contributed by atoms with van der Waals surface area (Å²) >= 11 is 0. The summed E-state index contributed by atoms with van der Waals surface area (Å²) < 4.78 is 34.6. The van der Waals surface area contributed by atoms with Crippen molar-refractivity contribution in [3.8, 4) is 23.0 Å². The third-order valence-electron chi connectivity index (χ3n) is 6.81. The first-order chi connectivity index (χ1) is 19.0. The van der Waals surface area contributed by atoms with Crippen molar-refractivity contribution in [2.45, 2.75) is 25.6 Å². The number of ether oxygens (including phenoxy) is 3. The zero-order chi connectivity index (χ0) is 26.9. The molecule has 0 amide bonds. The van der Waals surface area contributed by atoms with Crippen molar-refractivity contribution < 1.29 is 18.6 Å². The van der Waals surface area contributed by atoms with Crippen LogP contribution in [0.2, 0.25) is 0 Å². The van der Waals surface area contributed by atoms with Gasteiger partial charge in [-0.3, -0.25) is 0 Å². The molecule has 1 aliphatic heterocycles. The molecule has 2 atom stereocenters. The summed E-state index contributed by atoms with van der Waals surface area (Å²) in [6, 6.07) is 13.0. The Hall–Kier alpha value is -4.51. The van der Waals surface area contributed by atoms with Crippen molar-refractivity contribution in [2.75, 3.05) is 32.6 Å². The minimum atomic E-state index is -1.12. The van der Waals surface area contributed by atoms with E-state index in [-0.39, 0.29) is 0 Å². The van der Waals surface area contributed by atoms with Crippen molar-refractivity contribution in [1.82, 2.24) is 29.5 Å². The van der Waals surface area contributed by atoms with Crippen LogP contribution in [0.25, 0.3) is 16.6 Å². The van der Waals surface area contributed by atoms with Gasteiger partial charge in [0.05, 0.1) is 18.0 Å². The van der Waals surface area contributed by atoms with Gasteiger partial charge in [0.1, 0.15) is 42.2 Å². The maximum absolute atomic E-state index is 14.9. The average molecular weight is 530 g/mol. The number of nitrogens with one attached hydrogen (secondary N) is 1. The standard InChI is InChI=1S/C28H28FN7O3/c1-17-12-18(4-6-22(17)38-19-8-11-36-25(13-19)31-16-33-36)34-28-26-21(30-15-32-28)5-7-24(37-3)27(26)39-23-9-10-35(2)14-20(23)29/h4-8,11-13,15-16,20,23H,9-10,14H2,1-3H3,(H,30,32,34). The number of rotatable bonds is 7. The number of hydrogen-bond acceptors (Lipinski definition) is 9. The molecule has 200 valence electrons. The number of aromatic nitrogens is 5. The molecule has 1 N–H and O–H groups in total. The van der Waals surface area contributed by atoms with Crippen LogP contribution in [0.5, 0.6) is 23.0 Å². The number of piperidine rings is 1. The fourth-order valence-corrected chi connectivity index (χ4v) is 4.76. The minimum absolute atomic E-state index is 0.319. The molecule has 2 unspecified atom stereocenters. The SMILES string of the molecule is COc1ccc2ncnc(Nc3ccc(Oc4ccn5ncnc5c4)c(C)c3)c2c1OC1CCN(C)CC1F. The van der Waals surface area contributed by atoms with Crippen LogP contribution in [-0.4, -0.2) is 69.0 Å². The number of benzene rings is 2. The number of alkyl halides is 1. The van der Waals surface area contributed by atoms with Gasteiger partial charge in [0.25, 0.3) is 0 Å². The Labute approximate surface area is 224 Å². The van der Waals surface area contributed by atoms with E-state index in [2.05, 4.69) is 25.4 Å². The molecule has 1 saturated heterocycles. The number of aryl methyl sites for hydroxylation is 1. The maximum Gasteiger partial charge on any atom is 0.174 e. The largest absolute Gasteiger partial charge is 0.493 e. The summed E-state index contributed by atoms with van der Waals surface area (Å²) in [5, 5.41) is 8.12. The number of halogens is 1. The normalized spacial score (nSPS) is 17.8. The highest BCUT2D eigenvalue weighted by Crippen LogP contribution is 2.41. The van der Waals surface area contributed by atoms with Gasteiger partial charge in [-0.1, -0.05) is 0 Å². The van der Waals surface area contributed by atoms with Gasteiger partial charge in [0.2, 0.25) is 0 Å². The van der Waals surface area contributed by atoms with Gasteiger partial charge in [0.15, 0.2) is 17.1 Å². The molecule has 0 saturated carbocycles. The number of pyridine rings is 1. The molecule has 10 nitrogen and oxygen atoms in total. The molecule has 11 heteroatoms. The lowest BCUT2D eigenvalue weighted by Crippen LogP contribution is -2.45. The van der Waals surface area contributed by atoms with E-state index < -0.39 is 12.3 Å². The molecule has 1 aliphatic rings. The molecule has 4 heterocycles. The lowest BCUT2D eigenvalue weighted by Gasteiger charge is -2.33. The van der Waals surface area contributed by atoms with Crippen LogP contribution >= 0.6 is 0 Å². The van der Waals surface area contributed by atoms with Crippen molar-refractivity contribution >= 4 is 28.1 Å². The van der Waals surface area contributed by atoms with Gasteiger partial charge in [-0.25, -0.2) is 23.9 Å². The third kappa shape index (κ3) is 5.00. The summed E-state index contributed by atoms with van der Waals surface area (Å²) in [4.78, 5) is 15.1. The van der Waals surface area contributed by atoms with Crippen molar-refractivity contribution in [2.24, 2.45) is 0 Å². The molecule has 39 heavy (non-hydrogen) atoms. The predicted octanol–water partition coefficient (Wildman–Crippen LogP) is 4.95. The Morgan fingerprint density at radius 2 is 1.90 bits per heavy atom. The molecular formula is C28H28FN7O3. The molecule has 0 bridgehead atoms. The van der Waals surface area contributed by atoms with E-state index in [1.54, 1.807) is 23.9 Å². The van der Waals surface area contributed by atoms with Crippen LogP contribution in [0.1, 0.15) is 12.0 Å². The Bertz CT molecular complexity index is 1640. The smallest absolute Gasteiger partial charge is 0.174 e. The molecular weight excluding hydrogens is 501 g/mol. The Morgan fingerprint density at radius 3 is 2.72 bits per heavy atom. The highest BCUT2D eigenvalue weighted by Gasteiger charge is 2.31. The lowest BCUT2D eigenvalue weighted by atomic mass is 10.1. The van der Waals surface area contributed by atoms with Crippen LogP contribution in [0, 0.1) is 6.92 Å². The quantitative estimate of drug-likeness (QED) is 0.314. The molecule has 1 fully saturated rings. The first kappa shape index (κ1) is 24.8. The van der Waals surface area contributed by atoms with Gasteiger partial charge in [-0.05, 0) is 62.4 Å². The summed E-state index contributed by atoms with van der Waals surface area (Å²) in [7, 11) is 3.47. The van der Waals surface area contributed by atoms with E-state index in [1.807, 2.05) is 55.3 Å². The molecule has 3 aromatic heterocycles. The van der Waals surface area contributed by atoms with E-state index in [9.17, 15) is 4.39 Å². The fraction of sp³-hybridized carbons (Fsp3) is 0.286. The molecule has 5 aromatic rings. The molecule has 6 rings (SSSR count). The van der Waals surface area contributed by atoms with Crippen LogP contribution in [0.15, 0.2) is 61.3 Å². The van der Waals surface area contributed by atoms with Gasteiger partial charge in [-0.15, -0.1) is 0 Å². The van der Waals surface area contributed by atoms with Crippen molar-refractivity contribution in [3.05, 3.63) is 66.9 Å². The zero-order valence-corrected chi connectivity index (χ0v) is 21.8. The second-order valence-corrected chi connectivity index (χ2v) is 9.57.